The predicted octanol–water partition coefficient (Wildman–Crippen LogP) is 3.07. The van der Waals surface area contributed by atoms with Gasteiger partial charge >= 0.3 is 5.69 Å². The zero-order valence-electron chi connectivity index (χ0n) is 13.7. The summed E-state index contributed by atoms with van der Waals surface area (Å²) in [4.78, 5) is 22.3. The molecule has 2 aromatic carbocycles. The number of nitro benzene ring substituents is 1. The fourth-order valence-corrected chi connectivity index (χ4v) is 2.24. The van der Waals surface area contributed by atoms with Crippen LogP contribution in [0.3, 0.4) is 0 Å². The average Bonchev–Trinajstić information content (AvgIpc) is 2.59. The predicted molar refractivity (Wildman–Crippen MR) is 91.1 cm³/mol. The number of hydrogen-bond donors (Lipinski definition) is 1. The van der Waals surface area contributed by atoms with Crippen molar-refractivity contribution in [2.24, 2.45) is 0 Å². The summed E-state index contributed by atoms with van der Waals surface area (Å²) in [7, 11) is 0. The highest BCUT2D eigenvalue weighted by Crippen LogP contribution is 2.25. The molecule has 1 N–H and O–H groups in total. The molecule has 0 aliphatic rings. The van der Waals surface area contributed by atoms with Crippen molar-refractivity contribution in [3.8, 4) is 5.75 Å². The lowest BCUT2D eigenvalue weighted by atomic mass is 9.84. The van der Waals surface area contributed by atoms with Crippen LogP contribution in [-0.4, -0.2) is 24.0 Å². The van der Waals surface area contributed by atoms with Gasteiger partial charge in [0.25, 0.3) is 5.91 Å². The molecule has 0 aliphatic heterocycles. The fourth-order valence-electron chi connectivity index (χ4n) is 2.24. The molecule has 0 spiro atoms. The first-order valence-corrected chi connectivity index (χ1v) is 7.58. The molecule has 24 heavy (non-hydrogen) atoms. The molecule has 0 radical (unpaired) electrons. The van der Waals surface area contributed by atoms with Crippen molar-refractivity contribution in [3.05, 3.63) is 70.3 Å². The van der Waals surface area contributed by atoms with Crippen molar-refractivity contribution in [1.82, 2.24) is 5.32 Å². The molecule has 0 saturated carbocycles. The summed E-state index contributed by atoms with van der Waals surface area (Å²) in [5.41, 5.74) is 0.732. The molecule has 0 fully saturated rings. The number of nitro groups is 1. The zero-order valence-corrected chi connectivity index (χ0v) is 13.7. The number of ether oxygens (including phenoxy) is 1. The highest BCUT2D eigenvalue weighted by molar-refractivity contribution is 5.77. The Morgan fingerprint density at radius 3 is 2.42 bits per heavy atom. The maximum Gasteiger partial charge on any atom is 0.310 e. The molecule has 0 aromatic heterocycles. The molecule has 2 rings (SSSR count). The highest BCUT2D eigenvalue weighted by atomic mass is 16.6. The number of carbonyl (C=O) groups excluding carboxylic acids is 1. The minimum absolute atomic E-state index is 0.0833. The lowest BCUT2D eigenvalue weighted by molar-refractivity contribution is -0.385. The van der Waals surface area contributed by atoms with E-state index in [2.05, 4.69) is 5.32 Å². The van der Waals surface area contributed by atoms with Crippen LogP contribution in [0.5, 0.6) is 5.75 Å². The van der Waals surface area contributed by atoms with Crippen molar-refractivity contribution in [1.29, 1.82) is 0 Å². The molecule has 0 aliphatic carbocycles. The Morgan fingerprint density at radius 2 is 1.75 bits per heavy atom. The minimum atomic E-state index is -0.536. The first-order chi connectivity index (χ1) is 11.4. The van der Waals surface area contributed by atoms with Gasteiger partial charge in [-0.3, -0.25) is 14.9 Å². The molecule has 126 valence electrons. The van der Waals surface area contributed by atoms with Gasteiger partial charge in [-0.15, -0.1) is 0 Å². The van der Waals surface area contributed by atoms with E-state index in [-0.39, 0.29) is 29.4 Å². The first-order valence-electron chi connectivity index (χ1n) is 7.58. The molecule has 0 heterocycles. The highest BCUT2D eigenvalue weighted by Gasteiger charge is 2.21. The number of rotatable bonds is 7. The first kappa shape index (κ1) is 17.5. The van der Waals surface area contributed by atoms with E-state index in [1.807, 2.05) is 44.2 Å². The standard InChI is InChI=1S/C18H20N2O4/c1-18(2,14-8-4-3-5-9-14)13-19-17(21)12-24-16-11-7-6-10-15(16)20(22)23/h3-11H,12-13H2,1-2H3,(H,19,21). The second kappa shape index (κ2) is 7.59. The van der Waals surface area contributed by atoms with Crippen LogP contribution >= 0.6 is 0 Å². The number of hydrogen-bond acceptors (Lipinski definition) is 4. The number of carbonyl (C=O) groups is 1. The summed E-state index contributed by atoms with van der Waals surface area (Å²) in [6.07, 6.45) is 0. The molecule has 0 saturated heterocycles. The molecule has 0 atom stereocenters. The normalized spacial score (nSPS) is 10.9. The zero-order chi connectivity index (χ0) is 17.6. The molecule has 1 amide bonds. The van der Waals surface area contributed by atoms with Gasteiger partial charge in [0, 0.05) is 18.0 Å². The van der Waals surface area contributed by atoms with E-state index in [1.165, 1.54) is 12.1 Å². The summed E-state index contributed by atoms with van der Waals surface area (Å²) in [5, 5.41) is 13.7. The van der Waals surface area contributed by atoms with Crippen LogP contribution in [0.2, 0.25) is 0 Å². The Kier molecular flexibility index (Phi) is 5.52. The monoisotopic (exact) mass is 328 g/mol. The quantitative estimate of drug-likeness (QED) is 0.625. The van der Waals surface area contributed by atoms with Crippen LogP contribution in [0.15, 0.2) is 54.6 Å². The molecule has 2 aromatic rings. The van der Waals surface area contributed by atoms with Gasteiger partial charge in [-0.05, 0) is 11.6 Å². The summed E-state index contributed by atoms with van der Waals surface area (Å²) < 4.78 is 5.28. The van der Waals surface area contributed by atoms with Crippen molar-refractivity contribution >= 4 is 11.6 Å². The molecular formula is C18H20N2O4. The van der Waals surface area contributed by atoms with Crippen LogP contribution < -0.4 is 10.1 Å². The van der Waals surface area contributed by atoms with Crippen LogP contribution in [-0.2, 0) is 10.2 Å². The summed E-state index contributed by atoms with van der Waals surface area (Å²) in [6.45, 7) is 4.24. The lowest BCUT2D eigenvalue weighted by Gasteiger charge is -2.25. The minimum Gasteiger partial charge on any atom is -0.477 e. The van der Waals surface area contributed by atoms with E-state index in [1.54, 1.807) is 12.1 Å². The Bertz CT molecular complexity index is 714. The van der Waals surface area contributed by atoms with Crippen LogP contribution in [0, 0.1) is 10.1 Å². The third-order valence-corrected chi connectivity index (χ3v) is 3.70. The molecule has 6 heteroatoms. The van der Waals surface area contributed by atoms with Crippen molar-refractivity contribution in [3.63, 3.8) is 0 Å². The van der Waals surface area contributed by atoms with Gasteiger partial charge in [0.05, 0.1) is 4.92 Å². The molecule has 0 bridgehead atoms. The molecular weight excluding hydrogens is 308 g/mol. The maximum atomic E-state index is 12.0. The van der Waals surface area contributed by atoms with Gasteiger partial charge in [0.2, 0.25) is 0 Å². The Hall–Kier alpha value is -2.89. The van der Waals surface area contributed by atoms with E-state index in [4.69, 9.17) is 4.74 Å². The summed E-state index contributed by atoms with van der Waals surface area (Å²) >= 11 is 0. The largest absolute Gasteiger partial charge is 0.477 e. The van der Waals surface area contributed by atoms with E-state index >= 15 is 0 Å². The second-order valence-electron chi connectivity index (χ2n) is 6.04. The number of amides is 1. The summed E-state index contributed by atoms with van der Waals surface area (Å²) in [6, 6.07) is 15.9. The Labute approximate surface area is 140 Å². The van der Waals surface area contributed by atoms with Crippen molar-refractivity contribution in [2.45, 2.75) is 19.3 Å². The van der Waals surface area contributed by atoms with Crippen LogP contribution in [0.1, 0.15) is 19.4 Å². The number of benzene rings is 2. The van der Waals surface area contributed by atoms with Gasteiger partial charge < -0.3 is 10.1 Å². The number of para-hydroxylation sites is 2. The van der Waals surface area contributed by atoms with Gasteiger partial charge in [0.1, 0.15) is 0 Å². The number of nitrogens with one attached hydrogen (secondary N) is 1. The van der Waals surface area contributed by atoms with E-state index in [9.17, 15) is 14.9 Å². The van der Waals surface area contributed by atoms with Crippen LogP contribution in [0.25, 0.3) is 0 Å². The van der Waals surface area contributed by atoms with Crippen molar-refractivity contribution < 1.29 is 14.5 Å². The SMILES string of the molecule is CC(C)(CNC(=O)COc1ccccc1[N+](=O)[O-])c1ccccc1. The molecule has 6 nitrogen and oxygen atoms in total. The third-order valence-electron chi connectivity index (χ3n) is 3.70. The van der Waals surface area contributed by atoms with E-state index < -0.39 is 4.92 Å². The van der Waals surface area contributed by atoms with Crippen molar-refractivity contribution in [2.75, 3.05) is 13.2 Å². The molecule has 0 unspecified atom stereocenters. The van der Waals surface area contributed by atoms with Crippen LogP contribution in [0.4, 0.5) is 5.69 Å². The van der Waals surface area contributed by atoms with Gasteiger partial charge in [0.15, 0.2) is 12.4 Å². The van der Waals surface area contributed by atoms with Gasteiger partial charge in [-0.1, -0.05) is 56.3 Å². The van der Waals surface area contributed by atoms with E-state index in [0.717, 1.165) is 5.56 Å². The van der Waals surface area contributed by atoms with Gasteiger partial charge in [-0.25, -0.2) is 0 Å². The third kappa shape index (κ3) is 4.55. The average molecular weight is 328 g/mol. The lowest BCUT2D eigenvalue weighted by Crippen LogP contribution is -2.38. The summed E-state index contributed by atoms with van der Waals surface area (Å²) in [5.74, 6) is -0.239. The number of nitrogens with zero attached hydrogens (tertiary/aromatic N) is 1. The second-order valence-corrected chi connectivity index (χ2v) is 6.04. The smallest absolute Gasteiger partial charge is 0.310 e. The Balaban J connectivity index is 1.89. The van der Waals surface area contributed by atoms with E-state index in [0.29, 0.717) is 6.54 Å². The van der Waals surface area contributed by atoms with Gasteiger partial charge in [-0.2, -0.15) is 0 Å². The Morgan fingerprint density at radius 1 is 1.12 bits per heavy atom. The topological polar surface area (TPSA) is 81.5 Å². The fraction of sp³-hybridized carbons (Fsp3) is 0.278. The maximum absolute atomic E-state index is 12.0.